The fourth-order valence-electron chi connectivity index (χ4n) is 1.94. The zero-order valence-electron chi connectivity index (χ0n) is 10.3. The smallest absolute Gasteiger partial charge is 0.00116 e. The van der Waals surface area contributed by atoms with E-state index >= 15 is 0 Å². The molecule has 86 valence electrons. The highest BCUT2D eigenvalue weighted by molar-refractivity contribution is 7.80. The van der Waals surface area contributed by atoms with Gasteiger partial charge in [0.2, 0.25) is 0 Å². The Morgan fingerprint density at radius 3 is 2.07 bits per heavy atom. The van der Waals surface area contributed by atoms with Gasteiger partial charge in [0.05, 0.1) is 0 Å². The van der Waals surface area contributed by atoms with Gasteiger partial charge in [0.25, 0.3) is 0 Å². The summed E-state index contributed by atoms with van der Waals surface area (Å²) in [6.07, 6.45) is 11.1. The second-order valence-corrected chi connectivity index (χ2v) is 5.43. The third-order valence-electron chi connectivity index (χ3n) is 3.03. The summed E-state index contributed by atoms with van der Waals surface area (Å²) in [6, 6.07) is 0. The number of hydrogen-bond donors (Lipinski definition) is 1. The van der Waals surface area contributed by atoms with Gasteiger partial charge in [0, 0.05) is 0 Å². The Morgan fingerprint density at radius 1 is 0.929 bits per heavy atom. The summed E-state index contributed by atoms with van der Waals surface area (Å²) < 4.78 is 0. The van der Waals surface area contributed by atoms with Crippen molar-refractivity contribution in [2.75, 3.05) is 0 Å². The van der Waals surface area contributed by atoms with Crippen molar-refractivity contribution in [2.24, 2.45) is 5.92 Å². The normalized spacial score (nSPS) is 15.4. The maximum absolute atomic E-state index is 4.42. The Kier molecular flexibility index (Phi) is 10.1. The van der Waals surface area contributed by atoms with E-state index in [1.165, 1.54) is 51.4 Å². The molecule has 0 rings (SSSR count). The van der Waals surface area contributed by atoms with Crippen LogP contribution >= 0.6 is 12.6 Å². The van der Waals surface area contributed by atoms with Crippen LogP contribution in [0.15, 0.2) is 0 Å². The Bertz CT molecular complexity index is 110. The molecule has 0 nitrogen and oxygen atoms in total. The van der Waals surface area contributed by atoms with Crippen molar-refractivity contribution in [3.05, 3.63) is 0 Å². The first-order valence-corrected chi connectivity index (χ1v) is 6.90. The van der Waals surface area contributed by atoms with Gasteiger partial charge >= 0.3 is 0 Å². The van der Waals surface area contributed by atoms with Gasteiger partial charge in [-0.25, -0.2) is 0 Å². The molecular formula is C13H28S. The molecule has 0 radical (unpaired) electrons. The van der Waals surface area contributed by atoms with Crippen LogP contribution in [0.1, 0.15) is 72.1 Å². The SMILES string of the molecule is CCCCCC(CC)CCCC(C)S. The van der Waals surface area contributed by atoms with Crippen LogP contribution in [-0.2, 0) is 0 Å². The average molecular weight is 216 g/mol. The molecule has 2 atom stereocenters. The van der Waals surface area contributed by atoms with Gasteiger partial charge in [0.15, 0.2) is 0 Å². The quantitative estimate of drug-likeness (QED) is 0.403. The standard InChI is InChI=1S/C13H28S/c1-4-6-7-10-13(5-2)11-8-9-12(3)14/h12-14H,4-11H2,1-3H3. The lowest BCUT2D eigenvalue weighted by Gasteiger charge is -2.14. The predicted octanol–water partition coefficient (Wildman–Crippen LogP) is 5.08. The Morgan fingerprint density at radius 2 is 1.57 bits per heavy atom. The highest BCUT2D eigenvalue weighted by Crippen LogP contribution is 2.20. The maximum atomic E-state index is 4.42. The lowest BCUT2D eigenvalue weighted by molar-refractivity contribution is 0.400. The number of hydrogen-bond acceptors (Lipinski definition) is 1. The first-order valence-electron chi connectivity index (χ1n) is 6.38. The lowest BCUT2D eigenvalue weighted by Crippen LogP contribution is -2.01. The number of thiol groups is 1. The average Bonchev–Trinajstić information content (AvgIpc) is 2.15. The minimum atomic E-state index is 0.586. The third kappa shape index (κ3) is 8.93. The first kappa shape index (κ1) is 14.3. The number of unbranched alkanes of at least 4 members (excludes halogenated alkanes) is 2. The highest BCUT2D eigenvalue weighted by atomic mass is 32.1. The summed E-state index contributed by atoms with van der Waals surface area (Å²) in [5.41, 5.74) is 0. The van der Waals surface area contributed by atoms with Crippen LogP contribution in [0.5, 0.6) is 0 Å². The Labute approximate surface area is 96.3 Å². The molecule has 0 aromatic rings. The van der Waals surface area contributed by atoms with Crippen LogP contribution in [0.4, 0.5) is 0 Å². The van der Waals surface area contributed by atoms with Crippen LogP contribution in [0.3, 0.4) is 0 Å². The molecule has 14 heavy (non-hydrogen) atoms. The molecule has 0 aromatic carbocycles. The zero-order valence-corrected chi connectivity index (χ0v) is 11.2. The molecule has 2 unspecified atom stereocenters. The van der Waals surface area contributed by atoms with Crippen LogP contribution < -0.4 is 0 Å². The molecule has 0 amide bonds. The maximum Gasteiger partial charge on any atom is -0.00116 e. The van der Waals surface area contributed by atoms with Gasteiger partial charge < -0.3 is 0 Å². The summed E-state index contributed by atoms with van der Waals surface area (Å²) in [5.74, 6) is 0.980. The van der Waals surface area contributed by atoms with Gasteiger partial charge in [-0.1, -0.05) is 65.7 Å². The second-order valence-electron chi connectivity index (χ2n) is 4.55. The van der Waals surface area contributed by atoms with E-state index in [2.05, 4.69) is 33.4 Å². The molecule has 0 saturated carbocycles. The third-order valence-corrected chi connectivity index (χ3v) is 3.29. The molecule has 0 aromatic heterocycles. The molecule has 0 spiro atoms. The van der Waals surface area contributed by atoms with Crippen molar-refractivity contribution in [3.8, 4) is 0 Å². The molecule has 0 bridgehead atoms. The summed E-state index contributed by atoms with van der Waals surface area (Å²) >= 11 is 4.42. The first-order chi connectivity index (χ1) is 6.70. The molecule has 0 saturated heterocycles. The van der Waals surface area contributed by atoms with E-state index in [0.717, 1.165) is 5.92 Å². The van der Waals surface area contributed by atoms with Gasteiger partial charge in [-0.2, -0.15) is 12.6 Å². The Balaban J connectivity index is 3.38. The van der Waals surface area contributed by atoms with E-state index in [-0.39, 0.29) is 0 Å². The molecule has 0 N–H and O–H groups in total. The van der Waals surface area contributed by atoms with Crippen LogP contribution in [0, 0.1) is 5.92 Å². The second kappa shape index (κ2) is 9.89. The number of rotatable bonds is 9. The zero-order chi connectivity index (χ0) is 10.8. The fourth-order valence-corrected chi connectivity index (χ4v) is 2.12. The topological polar surface area (TPSA) is 0 Å². The molecule has 0 fully saturated rings. The molecule has 0 aliphatic rings. The van der Waals surface area contributed by atoms with Crippen molar-refractivity contribution < 1.29 is 0 Å². The molecule has 1 heteroatoms. The van der Waals surface area contributed by atoms with Gasteiger partial charge in [-0.05, 0) is 17.6 Å². The largest absolute Gasteiger partial charge is 0.176 e. The molecule has 0 heterocycles. The summed E-state index contributed by atoms with van der Waals surface area (Å²) in [6.45, 7) is 6.81. The van der Waals surface area contributed by atoms with Crippen LogP contribution in [-0.4, -0.2) is 5.25 Å². The van der Waals surface area contributed by atoms with E-state index in [1.807, 2.05) is 0 Å². The molecular weight excluding hydrogens is 188 g/mol. The monoisotopic (exact) mass is 216 g/mol. The Hall–Kier alpha value is 0.350. The van der Waals surface area contributed by atoms with Gasteiger partial charge in [-0.15, -0.1) is 0 Å². The minimum absolute atomic E-state index is 0.586. The fraction of sp³-hybridized carbons (Fsp3) is 1.00. The van der Waals surface area contributed by atoms with Crippen LogP contribution in [0.2, 0.25) is 0 Å². The van der Waals surface area contributed by atoms with Crippen molar-refractivity contribution >= 4 is 12.6 Å². The predicted molar refractivity (Wildman–Crippen MR) is 70.2 cm³/mol. The van der Waals surface area contributed by atoms with E-state index < -0.39 is 0 Å². The molecule has 0 aliphatic heterocycles. The summed E-state index contributed by atoms with van der Waals surface area (Å²) in [5, 5.41) is 0.586. The van der Waals surface area contributed by atoms with E-state index in [4.69, 9.17) is 0 Å². The summed E-state index contributed by atoms with van der Waals surface area (Å²) in [7, 11) is 0. The van der Waals surface area contributed by atoms with Gasteiger partial charge in [0.1, 0.15) is 0 Å². The van der Waals surface area contributed by atoms with Gasteiger partial charge in [-0.3, -0.25) is 0 Å². The summed E-state index contributed by atoms with van der Waals surface area (Å²) in [4.78, 5) is 0. The lowest BCUT2D eigenvalue weighted by atomic mass is 9.93. The van der Waals surface area contributed by atoms with Crippen molar-refractivity contribution in [2.45, 2.75) is 77.4 Å². The molecule has 0 aliphatic carbocycles. The van der Waals surface area contributed by atoms with Crippen molar-refractivity contribution in [1.82, 2.24) is 0 Å². The van der Waals surface area contributed by atoms with E-state index in [0.29, 0.717) is 5.25 Å². The van der Waals surface area contributed by atoms with Crippen LogP contribution in [0.25, 0.3) is 0 Å². The van der Waals surface area contributed by atoms with E-state index in [9.17, 15) is 0 Å². The van der Waals surface area contributed by atoms with E-state index in [1.54, 1.807) is 0 Å². The minimum Gasteiger partial charge on any atom is -0.176 e. The highest BCUT2D eigenvalue weighted by Gasteiger charge is 2.06. The van der Waals surface area contributed by atoms with Crippen molar-refractivity contribution in [1.29, 1.82) is 0 Å². The van der Waals surface area contributed by atoms with Crippen molar-refractivity contribution in [3.63, 3.8) is 0 Å².